The molecule has 0 aromatic heterocycles. The van der Waals surface area contributed by atoms with Gasteiger partial charge in [0.1, 0.15) is 0 Å². The van der Waals surface area contributed by atoms with Gasteiger partial charge >= 0.3 is 0 Å². The molecule has 2 N–H and O–H groups in total. The molecule has 0 spiro atoms. The molecule has 6 nitrogen and oxygen atoms in total. The SMILES string of the molecule is CC(=O)c1cccc(NC(=O)CNc2ccc(C(=O)N(C)C3CCCCC3)c(Cl)c2)c1. The highest BCUT2D eigenvalue weighted by atomic mass is 35.5. The van der Waals surface area contributed by atoms with Crippen LogP contribution in [0.15, 0.2) is 42.5 Å². The van der Waals surface area contributed by atoms with E-state index in [1.54, 1.807) is 47.4 Å². The van der Waals surface area contributed by atoms with E-state index in [9.17, 15) is 14.4 Å². The molecule has 7 heteroatoms. The summed E-state index contributed by atoms with van der Waals surface area (Å²) in [7, 11) is 1.84. The van der Waals surface area contributed by atoms with Crippen LogP contribution < -0.4 is 10.6 Å². The van der Waals surface area contributed by atoms with E-state index in [2.05, 4.69) is 10.6 Å². The second-order valence-electron chi connectivity index (χ2n) is 7.94. The van der Waals surface area contributed by atoms with E-state index in [-0.39, 0.29) is 30.2 Å². The Kier molecular flexibility index (Phi) is 7.69. The number of hydrogen-bond acceptors (Lipinski definition) is 4. The van der Waals surface area contributed by atoms with Crippen LogP contribution in [0, 0.1) is 0 Å². The van der Waals surface area contributed by atoms with E-state index in [0.29, 0.717) is 27.5 Å². The maximum Gasteiger partial charge on any atom is 0.255 e. The van der Waals surface area contributed by atoms with E-state index in [1.165, 1.54) is 13.3 Å². The third-order valence-corrected chi connectivity index (χ3v) is 5.96. The Bertz CT molecular complexity index is 970. The number of nitrogens with zero attached hydrogens (tertiary/aromatic N) is 1. The molecule has 2 aromatic carbocycles. The smallest absolute Gasteiger partial charge is 0.255 e. The molecule has 1 saturated carbocycles. The van der Waals surface area contributed by atoms with E-state index >= 15 is 0 Å². The topological polar surface area (TPSA) is 78.5 Å². The number of amides is 2. The van der Waals surface area contributed by atoms with Crippen LogP contribution in [0.3, 0.4) is 0 Å². The molecular formula is C24H28ClN3O3. The number of carbonyl (C=O) groups excluding carboxylic acids is 3. The minimum absolute atomic E-state index is 0.0237. The van der Waals surface area contributed by atoms with Crippen molar-refractivity contribution < 1.29 is 14.4 Å². The Morgan fingerprint density at radius 3 is 2.45 bits per heavy atom. The molecule has 0 aliphatic heterocycles. The monoisotopic (exact) mass is 441 g/mol. The number of halogens is 1. The van der Waals surface area contributed by atoms with Gasteiger partial charge in [0.05, 0.1) is 17.1 Å². The maximum atomic E-state index is 12.9. The molecule has 0 bridgehead atoms. The number of rotatable bonds is 7. The number of anilines is 2. The minimum Gasteiger partial charge on any atom is -0.376 e. The third kappa shape index (κ3) is 6.07. The summed E-state index contributed by atoms with van der Waals surface area (Å²) in [5.41, 5.74) is 2.21. The van der Waals surface area contributed by atoms with Gasteiger partial charge in [0.2, 0.25) is 5.91 Å². The van der Waals surface area contributed by atoms with Gasteiger partial charge in [-0.05, 0) is 50.1 Å². The molecule has 3 rings (SSSR count). The van der Waals surface area contributed by atoms with Crippen molar-refractivity contribution in [2.24, 2.45) is 0 Å². The Hall–Kier alpha value is -2.86. The lowest BCUT2D eigenvalue weighted by Crippen LogP contribution is -2.38. The lowest BCUT2D eigenvalue weighted by molar-refractivity contribution is -0.114. The second-order valence-corrected chi connectivity index (χ2v) is 8.35. The molecule has 2 amide bonds. The molecule has 0 radical (unpaired) electrons. The first-order valence-electron chi connectivity index (χ1n) is 10.6. The van der Waals surface area contributed by atoms with Crippen molar-refractivity contribution in [2.45, 2.75) is 45.1 Å². The summed E-state index contributed by atoms with van der Waals surface area (Å²) in [6.07, 6.45) is 5.60. The highest BCUT2D eigenvalue weighted by Gasteiger charge is 2.24. The molecule has 0 saturated heterocycles. The van der Waals surface area contributed by atoms with Gasteiger partial charge in [-0.3, -0.25) is 14.4 Å². The van der Waals surface area contributed by atoms with Gasteiger partial charge < -0.3 is 15.5 Å². The number of nitrogens with one attached hydrogen (secondary N) is 2. The summed E-state index contributed by atoms with van der Waals surface area (Å²) in [4.78, 5) is 38.4. The molecule has 31 heavy (non-hydrogen) atoms. The molecule has 1 fully saturated rings. The van der Waals surface area contributed by atoms with Gasteiger partial charge in [0, 0.05) is 30.0 Å². The Morgan fingerprint density at radius 1 is 1.03 bits per heavy atom. The number of hydrogen-bond donors (Lipinski definition) is 2. The number of ketones is 1. The van der Waals surface area contributed by atoms with Gasteiger partial charge in [-0.15, -0.1) is 0 Å². The van der Waals surface area contributed by atoms with Crippen molar-refractivity contribution in [1.82, 2.24) is 4.90 Å². The Morgan fingerprint density at radius 2 is 1.77 bits per heavy atom. The molecule has 1 aliphatic carbocycles. The fraction of sp³-hybridized carbons (Fsp3) is 0.375. The van der Waals surface area contributed by atoms with Gasteiger partial charge in [0.15, 0.2) is 5.78 Å². The van der Waals surface area contributed by atoms with Crippen molar-refractivity contribution in [1.29, 1.82) is 0 Å². The van der Waals surface area contributed by atoms with E-state index in [4.69, 9.17) is 11.6 Å². The van der Waals surface area contributed by atoms with Gasteiger partial charge in [-0.25, -0.2) is 0 Å². The fourth-order valence-electron chi connectivity index (χ4n) is 3.83. The summed E-state index contributed by atoms with van der Waals surface area (Å²) >= 11 is 6.38. The van der Waals surface area contributed by atoms with Crippen LogP contribution in [0.4, 0.5) is 11.4 Å². The van der Waals surface area contributed by atoms with Crippen molar-refractivity contribution >= 4 is 40.6 Å². The van der Waals surface area contributed by atoms with Crippen LogP contribution >= 0.6 is 11.6 Å². The van der Waals surface area contributed by atoms with E-state index in [0.717, 1.165) is 25.7 Å². The largest absolute Gasteiger partial charge is 0.376 e. The van der Waals surface area contributed by atoms with Crippen molar-refractivity contribution in [2.75, 3.05) is 24.2 Å². The molecule has 1 aliphatic rings. The predicted octanol–water partition coefficient (Wildman–Crippen LogP) is 5.00. The third-order valence-electron chi connectivity index (χ3n) is 5.65. The first-order chi connectivity index (χ1) is 14.8. The lowest BCUT2D eigenvalue weighted by atomic mass is 9.94. The van der Waals surface area contributed by atoms with Crippen molar-refractivity contribution in [3.63, 3.8) is 0 Å². The standard InChI is InChI=1S/C24H28ClN3O3/c1-16(29)17-7-6-8-19(13-17)27-23(30)15-26-18-11-12-21(22(25)14-18)24(31)28(2)20-9-4-3-5-10-20/h6-8,11-14,20,26H,3-5,9-10,15H2,1-2H3,(H,27,30). The zero-order valence-electron chi connectivity index (χ0n) is 17.9. The Balaban J connectivity index is 1.57. The fourth-order valence-corrected chi connectivity index (χ4v) is 4.09. The normalized spacial score (nSPS) is 14.0. The Labute approximate surface area is 188 Å². The summed E-state index contributed by atoms with van der Waals surface area (Å²) in [5.74, 6) is -0.395. The molecule has 2 aromatic rings. The highest BCUT2D eigenvalue weighted by Crippen LogP contribution is 2.26. The first kappa shape index (κ1) is 22.8. The second kappa shape index (κ2) is 10.4. The van der Waals surface area contributed by atoms with Gasteiger partial charge in [-0.1, -0.05) is 43.0 Å². The summed E-state index contributed by atoms with van der Waals surface area (Å²) < 4.78 is 0. The van der Waals surface area contributed by atoms with Crippen LogP contribution in [-0.4, -0.2) is 42.1 Å². The number of benzene rings is 2. The van der Waals surface area contributed by atoms with Crippen molar-refractivity contribution in [3.05, 3.63) is 58.6 Å². The molecule has 0 unspecified atom stereocenters. The van der Waals surface area contributed by atoms with Crippen molar-refractivity contribution in [3.8, 4) is 0 Å². The summed E-state index contributed by atoms with van der Waals surface area (Å²) in [6.45, 7) is 1.50. The highest BCUT2D eigenvalue weighted by molar-refractivity contribution is 6.34. The molecular weight excluding hydrogens is 414 g/mol. The van der Waals surface area contributed by atoms with Crippen LogP contribution in [0.1, 0.15) is 59.7 Å². The number of carbonyl (C=O) groups is 3. The zero-order chi connectivity index (χ0) is 22.4. The quantitative estimate of drug-likeness (QED) is 0.593. The van der Waals surface area contributed by atoms with Gasteiger partial charge in [0.25, 0.3) is 5.91 Å². The van der Waals surface area contributed by atoms with Crippen LogP contribution in [0.2, 0.25) is 5.02 Å². The summed E-state index contributed by atoms with van der Waals surface area (Å²) in [6, 6.07) is 12.2. The zero-order valence-corrected chi connectivity index (χ0v) is 18.7. The average molecular weight is 442 g/mol. The van der Waals surface area contributed by atoms with Gasteiger partial charge in [-0.2, -0.15) is 0 Å². The maximum absolute atomic E-state index is 12.9. The predicted molar refractivity (Wildman–Crippen MR) is 124 cm³/mol. The van der Waals surface area contributed by atoms with Crippen LogP contribution in [0.25, 0.3) is 0 Å². The molecule has 0 heterocycles. The molecule has 164 valence electrons. The number of Topliss-reactive ketones (excluding diaryl/α,β-unsaturated/α-hetero) is 1. The van der Waals surface area contributed by atoms with Crippen LogP contribution in [0.5, 0.6) is 0 Å². The lowest BCUT2D eigenvalue weighted by Gasteiger charge is -2.31. The average Bonchev–Trinajstić information content (AvgIpc) is 2.77. The van der Waals surface area contributed by atoms with E-state index < -0.39 is 0 Å². The first-order valence-corrected chi connectivity index (χ1v) is 10.9. The van der Waals surface area contributed by atoms with Crippen LogP contribution in [-0.2, 0) is 4.79 Å². The molecule has 0 atom stereocenters. The van der Waals surface area contributed by atoms with E-state index in [1.807, 2.05) is 7.05 Å². The minimum atomic E-state index is -0.256. The summed E-state index contributed by atoms with van der Waals surface area (Å²) in [5, 5.41) is 6.12.